The summed E-state index contributed by atoms with van der Waals surface area (Å²) in [6.45, 7) is 1.69. The van der Waals surface area contributed by atoms with E-state index < -0.39 is 76.0 Å². The molecule has 1 fully saturated rings. The lowest BCUT2D eigenvalue weighted by atomic mass is 9.51. The molecule has 1 unspecified atom stereocenters. The van der Waals surface area contributed by atoms with Gasteiger partial charge < -0.3 is 26.8 Å². The van der Waals surface area contributed by atoms with Crippen LogP contribution in [-0.2, 0) is 14.4 Å². The van der Waals surface area contributed by atoms with E-state index >= 15 is 0 Å². The maximum absolute atomic E-state index is 13.6. The number of nitrogens with zero attached hydrogens (tertiary/aromatic N) is 1. The number of likely N-dealkylation sites (N-methyl/N-ethyl adjacent to an activating group) is 1. The highest BCUT2D eigenvalue weighted by Crippen LogP contribution is 2.54. The molecule has 3 aliphatic rings. The van der Waals surface area contributed by atoms with Gasteiger partial charge in [0.2, 0.25) is 0 Å². The van der Waals surface area contributed by atoms with Gasteiger partial charge in [0.1, 0.15) is 11.4 Å². The van der Waals surface area contributed by atoms with E-state index in [2.05, 4.69) is 0 Å². The first kappa shape index (κ1) is 22.1. The number of hydrogen-bond acceptors (Lipinski definition) is 9. The summed E-state index contributed by atoms with van der Waals surface area (Å²) in [5, 5.41) is 33.3. The van der Waals surface area contributed by atoms with Crippen LogP contribution in [0.25, 0.3) is 0 Å². The molecule has 170 valence electrons. The van der Waals surface area contributed by atoms with E-state index in [4.69, 9.17) is 11.5 Å². The number of primary amides is 1. The molecule has 0 heterocycles. The Balaban J connectivity index is 1.97. The lowest BCUT2D eigenvalue weighted by molar-refractivity contribution is -0.175. The molecule has 0 spiro atoms. The predicted molar refractivity (Wildman–Crippen MR) is 111 cm³/mol. The number of nitrogens with two attached hydrogens (primary N) is 2. The molecule has 3 aliphatic carbocycles. The molecule has 1 saturated carbocycles. The largest absolute Gasteiger partial charge is 0.505 e. The zero-order chi connectivity index (χ0) is 23.9. The van der Waals surface area contributed by atoms with Crippen LogP contribution in [0.1, 0.15) is 28.8 Å². The maximum Gasteiger partial charge on any atom is 0.252 e. The standard InChI is InChI=1S/C22H25N3O7/c1-7-8-4-5-10(23)17(27)12(8)18(28)13-11(7)19(29)14-15(25(2)3)16(26)9(21(24)31)6-22(14,32)20(13)30/h4-7,11,13-15,19,27,29,32H,23H2,1-3H3,(H2,24,31)/t7-,11+,13?,14+,15-,19-,22-/m0/s1. The first-order valence-corrected chi connectivity index (χ1v) is 10.2. The van der Waals surface area contributed by atoms with Gasteiger partial charge in [-0.2, -0.15) is 0 Å². The van der Waals surface area contributed by atoms with Crippen molar-refractivity contribution in [3.05, 3.63) is 34.9 Å². The number of anilines is 1. The number of amides is 1. The molecule has 0 bridgehead atoms. The average Bonchev–Trinajstić information content (AvgIpc) is 2.71. The molecule has 1 aromatic carbocycles. The van der Waals surface area contributed by atoms with Crippen molar-refractivity contribution in [2.45, 2.75) is 30.6 Å². The molecule has 10 heteroatoms. The normalized spacial score (nSPS) is 36.3. The minimum atomic E-state index is -2.49. The Morgan fingerprint density at radius 3 is 2.34 bits per heavy atom. The minimum absolute atomic E-state index is 0.0463. The van der Waals surface area contributed by atoms with Crippen molar-refractivity contribution >= 4 is 28.9 Å². The second-order valence-corrected chi connectivity index (χ2v) is 9.08. The Morgan fingerprint density at radius 1 is 1.16 bits per heavy atom. The van der Waals surface area contributed by atoms with Gasteiger partial charge in [-0.1, -0.05) is 13.0 Å². The summed E-state index contributed by atoms with van der Waals surface area (Å²) in [6, 6.07) is 1.76. The van der Waals surface area contributed by atoms with E-state index in [1.807, 2.05) is 0 Å². The molecule has 1 aromatic rings. The van der Waals surface area contributed by atoms with Crippen molar-refractivity contribution < 1.29 is 34.5 Å². The average molecular weight is 443 g/mol. The Labute approximate surface area is 183 Å². The van der Waals surface area contributed by atoms with E-state index in [1.165, 1.54) is 25.1 Å². The van der Waals surface area contributed by atoms with E-state index in [0.29, 0.717) is 5.56 Å². The molecular weight excluding hydrogens is 418 g/mol. The topological polar surface area (TPSA) is 184 Å². The fourth-order valence-electron chi connectivity index (χ4n) is 5.74. The van der Waals surface area contributed by atoms with Crippen molar-refractivity contribution in [1.29, 1.82) is 0 Å². The van der Waals surface area contributed by atoms with Gasteiger partial charge in [0.25, 0.3) is 5.91 Å². The SMILES string of the molecule is C[C@H]1c2ccc(N)c(O)c2C(=O)C2C(=O)[C@]3(O)C=C(C(N)=O)C(=O)[C@@H](N(C)C)[C@@H]3[C@@H](O)[C@@H]21. The minimum Gasteiger partial charge on any atom is -0.505 e. The van der Waals surface area contributed by atoms with E-state index in [0.717, 1.165) is 6.08 Å². The number of carbonyl (C=O) groups is 4. The van der Waals surface area contributed by atoms with Gasteiger partial charge in [-0.3, -0.25) is 24.1 Å². The molecule has 32 heavy (non-hydrogen) atoms. The lowest BCUT2D eigenvalue weighted by Crippen LogP contribution is -2.71. The monoisotopic (exact) mass is 443 g/mol. The molecule has 4 rings (SSSR count). The zero-order valence-corrected chi connectivity index (χ0v) is 17.8. The van der Waals surface area contributed by atoms with Gasteiger partial charge in [-0.25, -0.2) is 0 Å². The number of phenols is 1. The molecule has 7 N–H and O–H groups in total. The number of aliphatic hydroxyl groups excluding tert-OH is 1. The van der Waals surface area contributed by atoms with Gasteiger partial charge in [0, 0.05) is 11.8 Å². The highest BCUT2D eigenvalue weighted by atomic mass is 16.3. The van der Waals surface area contributed by atoms with Gasteiger partial charge in [0.15, 0.2) is 17.3 Å². The number of rotatable bonds is 2. The number of fused-ring (bicyclic) bond motifs is 3. The first-order valence-electron chi connectivity index (χ1n) is 10.2. The number of Topliss-reactive ketones (excluding diaryl/α,β-unsaturated/α-hetero) is 3. The predicted octanol–water partition coefficient (Wildman–Crippen LogP) is -1.28. The second-order valence-electron chi connectivity index (χ2n) is 9.08. The van der Waals surface area contributed by atoms with Crippen LogP contribution in [0.4, 0.5) is 5.69 Å². The van der Waals surface area contributed by atoms with Crippen LogP contribution in [-0.4, -0.2) is 75.3 Å². The summed E-state index contributed by atoms with van der Waals surface area (Å²) in [4.78, 5) is 53.3. The Morgan fingerprint density at radius 2 is 1.78 bits per heavy atom. The van der Waals surface area contributed by atoms with Gasteiger partial charge in [0.05, 0.1) is 34.9 Å². The van der Waals surface area contributed by atoms with Crippen LogP contribution in [0, 0.1) is 17.8 Å². The summed E-state index contributed by atoms with van der Waals surface area (Å²) >= 11 is 0. The molecule has 0 radical (unpaired) electrons. The van der Waals surface area contributed by atoms with Crippen LogP contribution in [0.15, 0.2) is 23.8 Å². The van der Waals surface area contributed by atoms with Crippen LogP contribution in [0.2, 0.25) is 0 Å². The highest BCUT2D eigenvalue weighted by Gasteiger charge is 2.67. The number of nitrogen functional groups attached to an aromatic ring is 1. The van der Waals surface area contributed by atoms with E-state index in [1.54, 1.807) is 13.0 Å². The zero-order valence-electron chi connectivity index (χ0n) is 17.8. The van der Waals surface area contributed by atoms with Crippen LogP contribution in [0.5, 0.6) is 5.75 Å². The Hall–Kier alpha value is -3.08. The van der Waals surface area contributed by atoms with Crippen molar-refractivity contribution in [2.24, 2.45) is 23.5 Å². The third kappa shape index (κ3) is 2.63. The van der Waals surface area contributed by atoms with E-state index in [-0.39, 0.29) is 11.3 Å². The summed E-state index contributed by atoms with van der Waals surface area (Å²) in [5.74, 6) is -8.44. The van der Waals surface area contributed by atoms with Gasteiger partial charge in [-0.15, -0.1) is 0 Å². The maximum atomic E-state index is 13.6. The molecule has 0 aliphatic heterocycles. The molecule has 7 atom stereocenters. The van der Waals surface area contributed by atoms with Crippen molar-refractivity contribution in [3.63, 3.8) is 0 Å². The van der Waals surface area contributed by atoms with Gasteiger partial charge >= 0.3 is 0 Å². The van der Waals surface area contributed by atoms with Crippen molar-refractivity contribution in [1.82, 2.24) is 4.90 Å². The molecule has 1 amide bonds. The fraction of sp³-hybridized carbons (Fsp3) is 0.455. The quantitative estimate of drug-likeness (QED) is 0.161. The number of phenolic OH excluding ortho intramolecular Hbond substituents is 1. The molecular formula is C22H25N3O7. The Kier molecular flexibility index (Phi) is 4.81. The highest BCUT2D eigenvalue weighted by molar-refractivity contribution is 6.24. The molecule has 10 nitrogen and oxygen atoms in total. The van der Waals surface area contributed by atoms with Crippen LogP contribution in [0.3, 0.4) is 0 Å². The van der Waals surface area contributed by atoms with Crippen LogP contribution < -0.4 is 11.5 Å². The fourth-order valence-corrected chi connectivity index (χ4v) is 5.74. The van der Waals surface area contributed by atoms with Crippen molar-refractivity contribution in [3.8, 4) is 5.75 Å². The number of hydrogen-bond donors (Lipinski definition) is 5. The van der Waals surface area contributed by atoms with Crippen molar-refractivity contribution in [2.75, 3.05) is 19.8 Å². The molecule has 0 aromatic heterocycles. The number of carbonyl (C=O) groups excluding carboxylic acids is 4. The third-order valence-corrected chi connectivity index (χ3v) is 7.23. The summed E-state index contributed by atoms with van der Waals surface area (Å²) in [7, 11) is 3.03. The number of ketones is 3. The number of aromatic hydroxyl groups is 1. The number of aliphatic hydroxyl groups is 2. The first-order chi connectivity index (χ1) is 14.8. The second kappa shape index (κ2) is 6.96. The van der Waals surface area contributed by atoms with Crippen LogP contribution >= 0.6 is 0 Å². The van der Waals surface area contributed by atoms with E-state index in [9.17, 15) is 34.5 Å². The molecule has 0 saturated heterocycles. The summed E-state index contributed by atoms with van der Waals surface area (Å²) in [5.41, 5.74) is 8.24. The van der Waals surface area contributed by atoms with Gasteiger partial charge in [-0.05, 0) is 37.7 Å². The lowest BCUT2D eigenvalue weighted by Gasteiger charge is -2.54. The summed E-state index contributed by atoms with van der Waals surface area (Å²) in [6.07, 6.45) is -0.687. The summed E-state index contributed by atoms with van der Waals surface area (Å²) < 4.78 is 0. The Bertz CT molecular complexity index is 1110. The number of benzene rings is 1. The third-order valence-electron chi connectivity index (χ3n) is 7.23. The smallest absolute Gasteiger partial charge is 0.252 e.